The number of fused-ring (bicyclic) bond motifs is 1. The molecule has 0 aliphatic rings. The Morgan fingerprint density at radius 3 is 2.90 bits per heavy atom. The van der Waals surface area contributed by atoms with Crippen molar-refractivity contribution in [3.05, 3.63) is 30.0 Å². The first-order chi connectivity index (χ1) is 9.65. The van der Waals surface area contributed by atoms with Crippen LogP contribution in [0.25, 0.3) is 11.0 Å². The monoisotopic (exact) mass is 277 g/mol. The molecule has 0 aliphatic carbocycles. The van der Waals surface area contributed by atoms with E-state index < -0.39 is 0 Å². The minimum Gasteiger partial charge on any atom is -0.493 e. The molecule has 1 aromatic heterocycles. The number of aliphatic hydroxyl groups is 1. The summed E-state index contributed by atoms with van der Waals surface area (Å²) < 4.78 is 11.2. The first kappa shape index (κ1) is 14.9. The summed E-state index contributed by atoms with van der Waals surface area (Å²) in [5.74, 6) is 1.64. The van der Waals surface area contributed by atoms with Crippen molar-refractivity contribution in [3.8, 4) is 5.75 Å². The normalized spacial score (nSPS) is 14.4. The van der Waals surface area contributed by atoms with Crippen molar-refractivity contribution in [1.29, 1.82) is 0 Å². The fraction of sp³-hybridized carbons (Fsp3) is 0.500. The number of nitrogens with one attached hydrogen (secondary N) is 1. The van der Waals surface area contributed by atoms with E-state index in [0.29, 0.717) is 0 Å². The van der Waals surface area contributed by atoms with Crippen molar-refractivity contribution >= 4 is 11.0 Å². The van der Waals surface area contributed by atoms with Crippen LogP contribution in [0, 0.1) is 0 Å². The lowest BCUT2D eigenvalue weighted by molar-refractivity contribution is 0.158. The molecule has 20 heavy (non-hydrogen) atoms. The van der Waals surface area contributed by atoms with E-state index in [1.54, 1.807) is 7.11 Å². The Labute approximate surface area is 119 Å². The van der Waals surface area contributed by atoms with E-state index in [-0.39, 0.29) is 12.1 Å². The molecular weight excluding hydrogens is 254 g/mol. The zero-order chi connectivity index (χ0) is 14.5. The van der Waals surface area contributed by atoms with Crippen molar-refractivity contribution in [3.63, 3.8) is 0 Å². The Balaban J connectivity index is 2.05. The summed E-state index contributed by atoms with van der Waals surface area (Å²) in [4.78, 5) is 0. The lowest BCUT2D eigenvalue weighted by Crippen LogP contribution is -2.23. The van der Waals surface area contributed by atoms with Crippen LogP contribution in [-0.4, -0.2) is 24.9 Å². The highest BCUT2D eigenvalue weighted by Gasteiger charge is 2.13. The predicted octanol–water partition coefficient (Wildman–Crippen LogP) is 3.25. The number of rotatable bonds is 7. The van der Waals surface area contributed by atoms with Gasteiger partial charge >= 0.3 is 0 Å². The molecule has 110 valence electrons. The number of para-hydroxylation sites is 1. The molecule has 0 bridgehead atoms. The molecule has 0 spiro atoms. The van der Waals surface area contributed by atoms with Crippen LogP contribution >= 0.6 is 0 Å². The summed E-state index contributed by atoms with van der Waals surface area (Å²) in [6.45, 7) is 4.81. The summed E-state index contributed by atoms with van der Waals surface area (Å²) in [6, 6.07) is 8.00. The van der Waals surface area contributed by atoms with Gasteiger partial charge < -0.3 is 19.6 Å². The van der Waals surface area contributed by atoms with Crippen molar-refractivity contribution in [2.45, 2.75) is 38.8 Å². The average Bonchev–Trinajstić information content (AvgIpc) is 2.90. The van der Waals surface area contributed by atoms with Gasteiger partial charge in [-0.2, -0.15) is 0 Å². The summed E-state index contributed by atoms with van der Waals surface area (Å²) in [5.41, 5.74) is 0.784. The Morgan fingerprint density at radius 1 is 1.40 bits per heavy atom. The molecule has 0 amide bonds. The summed E-state index contributed by atoms with van der Waals surface area (Å²) in [6.07, 6.45) is 1.31. The standard InChI is InChI=1S/C16H23NO3/c1-4-13(18)8-9-17-11(2)15-10-12-6-5-7-14(19-3)16(12)20-15/h5-7,10-11,13,17-18H,4,8-9H2,1-3H3. The number of hydrogen-bond donors (Lipinski definition) is 2. The summed E-state index contributed by atoms with van der Waals surface area (Å²) >= 11 is 0. The maximum Gasteiger partial charge on any atom is 0.176 e. The number of ether oxygens (including phenoxy) is 1. The van der Waals surface area contributed by atoms with Crippen LogP contribution in [0.5, 0.6) is 5.75 Å². The average molecular weight is 277 g/mol. The number of aliphatic hydroxyl groups excluding tert-OH is 1. The van der Waals surface area contributed by atoms with Gasteiger partial charge in [0.1, 0.15) is 5.76 Å². The van der Waals surface area contributed by atoms with E-state index in [1.807, 2.05) is 31.2 Å². The molecule has 0 aliphatic heterocycles. The zero-order valence-electron chi connectivity index (χ0n) is 12.3. The van der Waals surface area contributed by atoms with Crippen molar-refractivity contribution in [2.24, 2.45) is 0 Å². The van der Waals surface area contributed by atoms with Crippen molar-refractivity contribution in [1.82, 2.24) is 5.32 Å². The van der Waals surface area contributed by atoms with Gasteiger partial charge in [-0.3, -0.25) is 0 Å². The van der Waals surface area contributed by atoms with E-state index in [4.69, 9.17) is 9.15 Å². The minimum absolute atomic E-state index is 0.108. The third-order valence-electron chi connectivity index (χ3n) is 3.57. The summed E-state index contributed by atoms with van der Waals surface area (Å²) in [5, 5.41) is 14.0. The fourth-order valence-electron chi connectivity index (χ4n) is 2.20. The Bertz CT molecular complexity index is 550. The molecule has 2 rings (SSSR count). The van der Waals surface area contributed by atoms with Gasteiger partial charge in [0.15, 0.2) is 11.3 Å². The van der Waals surface area contributed by atoms with E-state index >= 15 is 0 Å². The zero-order valence-corrected chi connectivity index (χ0v) is 12.3. The molecule has 0 saturated carbocycles. The number of furan rings is 1. The van der Waals surface area contributed by atoms with Gasteiger partial charge in [-0.05, 0) is 38.4 Å². The molecule has 1 aromatic carbocycles. The predicted molar refractivity (Wildman–Crippen MR) is 80.1 cm³/mol. The second kappa shape index (κ2) is 6.77. The maximum atomic E-state index is 9.54. The number of benzene rings is 1. The largest absolute Gasteiger partial charge is 0.493 e. The third-order valence-corrected chi connectivity index (χ3v) is 3.57. The molecular formula is C16H23NO3. The van der Waals surface area contributed by atoms with Crippen LogP contribution in [0.3, 0.4) is 0 Å². The van der Waals surface area contributed by atoms with E-state index in [1.165, 1.54) is 0 Å². The first-order valence-corrected chi connectivity index (χ1v) is 7.13. The Hall–Kier alpha value is -1.52. The van der Waals surface area contributed by atoms with Crippen LogP contribution in [0.15, 0.2) is 28.7 Å². The van der Waals surface area contributed by atoms with Gasteiger partial charge in [0, 0.05) is 5.39 Å². The van der Waals surface area contributed by atoms with Gasteiger partial charge in [0.05, 0.1) is 19.3 Å². The van der Waals surface area contributed by atoms with Crippen LogP contribution in [0.2, 0.25) is 0 Å². The number of hydrogen-bond acceptors (Lipinski definition) is 4. The first-order valence-electron chi connectivity index (χ1n) is 7.13. The molecule has 2 atom stereocenters. The Morgan fingerprint density at radius 2 is 2.20 bits per heavy atom. The van der Waals surface area contributed by atoms with E-state index in [9.17, 15) is 5.11 Å². The van der Waals surface area contributed by atoms with Crippen LogP contribution < -0.4 is 10.1 Å². The van der Waals surface area contributed by atoms with E-state index in [2.05, 4.69) is 12.2 Å². The van der Waals surface area contributed by atoms with Crippen LogP contribution in [0.4, 0.5) is 0 Å². The highest BCUT2D eigenvalue weighted by atomic mass is 16.5. The van der Waals surface area contributed by atoms with Gasteiger partial charge in [0.2, 0.25) is 0 Å². The van der Waals surface area contributed by atoms with Crippen molar-refractivity contribution < 1.29 is 14.3 Å². The third kappa shape index (κ3) is 3.32. The van der Waals surface area contributed by atoms with Crippen LogP contribution in [0.1, 0.15) is 38.5 Å². The molecule has 2 unspecified atom stereocenters. The van der Waals surface area contributed by atoms with Gasteiger partial charge in [-0.15, -0.1) is 0 Å². The SMILES string of the molecule is CCC(O)CCNC(C)c1cc2cccc(OC)c2o1. The van der Waals surface area contributed by atoms with Crippen LogP contribution in [-0.2, 0) is 0 Å². The highest BCUT2D eigenvalue weighted by Crippen LogP contribution is 2.30. The minimum atomic E-state index is -0.231. The molecule has 2 aromatic rings. The topological polar surface area (TPSA) is 54.6 Å². The molecule has 0 saturated heterocycles. The quantitative estimate of drug-likeness (QED) is 0.815. The maximum absolute atomic E-state index is 9.54. The van der Waals surface area contributed by atoms with E-state index in [0.717, 1.165) is 41.9 Å². The lowest BCUT2D eigenvalue weighted by Gasteiger charge is -2.13. The fourth-order valence-corrected chi connectivity index (χ4v) is 2.20. The molecule has 0 fully saturated rings. The molecule has 1 heterocycles. The second-order valence-corrected chi connectivity index (χ2v) is 5.05. The van der Waals surface area contributed by atoms with Gasteiger partial charge in [-0.1, -0.05) is 19.1 Å². The van der Waals surface area contributed by atoms with Gasteiger partial charge in [0.25, 0.3) is 0 Å². The number of methoxy groups -OCH3 is 1. The van der Waals surface area contributed by atoms with Gasteiger partial charge in [-0.25, -0.2) is 0 Å². The molecule has 0 radical (unpaired) electrons. The molecule has 4 heteroatoms. The molecule has 4 nitrogen and oxygen atoms in total. The highest BCUT2D eigenvalue weighted by molar-refractivity contribution is 5.83. The smallest absolute Gasteiger partial charge is 0.176 e. The lowest BCUT2D eigenvalue weighted by atomic mass is 10.2. The molecule has 2 N–H and O–H groups in total. The second-order valence-electron chi connectivity index (χ2n) is 5.05. The van der Waals surface area contributed by atoms with Crippen molar-refractivity contribution in [2.75, 3.05) is 13.7 Å². The summed E-state index contributed by atoms with van der Waals surface area (Å²) in [7, 11) is 1.64. The Kier molecular flexibility index (Phi) is 5.04.